The van der Waals surface area contributed by atoms with Gasteiger partial charge < -0.3 is 0 Å². The molecule has 1 aromatic heterocycles. The van der Waals surface area contributed by atoms with Crippen molar-refractivity contribution in [2.75, 3.05) is 0 Å². The molecule has 0 saturated heterocycles. The molecule has 0 radical (unpaired) electrons. The Labute approximate surface area is 55.3 Å². The molecule has 0 amide bonds. The van der Waals surface area contributed by atoms with Crippen LogP contribution in [0.5, 0.6) is 0 Å². The number of halogens is 2. The summed E-state index contributed by atoms with van der Waals surface area (Å²) in [6.45, 7) is -2.69. The smallest absolute Gasteiger partial charge is 0.294 e. The molecule has 1 heterocycles. The molecule has 5 heteroatoms. The first kappa shape index (κ1) is 6.85. The van der Waals surface area contributed by atoms with E-state index in [-0.39, 0.29) is 12.1 Å². The summed E-state index contributed by atoms with van der Waals surface area (Å²) in [4.78, 5) is 13.3. The summed E-state index contributed by atoms with van der Waals surface area (Å²) in [5.41, 5.74) is 0. The molecule has 0 saturated carbocycles. The number of hydrogen-bond donors (Lipinski definition) is 0. The van der Waals surface area contributed by atoms with Crippen molar-refractivity contribution in [2.24, 2.45) is 0 Å². The minimum Gasteiger partial charge on any atom is -0.294 e. The first-order valence-electron chi connectivity index (χ1n) is 2.52. The first-order chi connectivity index (χ1) is 4.75. The summed E-state index contributed by atoms with van der Waals surface area (Å²) in [7, 11) is 0. The Bertz CT molecular complexity index is 233. The predicted molar refractivity (Wildman–Crippen MR) is 28.9 cm³/mol. The standard InChI is InChI=1S/C5H4F2N2O/c6-5(7)9-2-1-8-4(9)3-10/h1-3,5H. The van der Waals surface area contributed by atoms with Gasteiger partial charge in [0.05, 0.1) is 0 Å². The fraction of sp³-hybridized carbons (Fsp3) is 0.200. The van der Waals surface area contributed by atoms with Gasteiger partial charge in [0.25, 0.3) is 0 Å². The summed E-state index contributed by atoms with van der Waals surface area (Å²) >= 11 is 0. The molecule has 0 spiro atoms. The maximum Gasteiger partial charge on any atom is 0.320 e. The number of rotatable bonds is 2. The van der Waals surface area contributed by atoms with Gasteiger partial charge in [0.2, 0.25) is 0 Å². The fourth-order valence-electron chi connectivity index (χ4n) is 0.581. The molecule has 0 aromatic carbocycles. The lowest BCUT2D eigenvalue weighted by Crippen LogP contribution is -2.01. The van der Waals surface area contributed by atoms with Crippen LogP contribution in [0.3, 0.4) is 0 Å². The highest BCUT2D eigenvalue weighted by Crippen LogP contribution is 2.10. The van der Waals surface area contributed by atoms with E-state index in [1.54, 1.807) is 0 Å². The molecule has 0 bridgehead atoms. The summed E-state index contributed by atoms with van der Waals surface area (Å²) in [5, 5.41) is 0. The molecule has 0 fully saturated rings. The Morgan fingerprint density at radius 2 is 2.40 bits per heavy atom. The van der Waals surface area contributed by atoms with Crippen molar-refractivity contribution in [3.05, 3.63) is 18.2 Å². The molecule has 0 atom stereocenters. The molecule has 0 aliphatic carbocycles. The number of carbonyl (C=O) groups excluding carboxylic acids is 1. The Balaban J connectivity index is 3.01. The van der Waals surface area contributed by atoms with E-state index in [1.807, 2.05) is 0 Å². The average molecular weight is 146 g/mol. The zero-order valence-electron chi connectivity index (χ0n) is 4.87. The number of imidazole rings is 1. The molecule has 3 nitrogen and oxygen atoms in total. The van der Waals surface area contributed by atoms with Gasteiger partial charge in [0, 0.05) is 12.4 Å². The second-order valence-corrected chi connectivity index (χ2v) is 1.59. The van der Waals surface area contributed by atoms with Gasteiger partial charge in [-0.3, -0.25) is 9.36 Å². The van der Waals surface area contributed by atoms with Gasteiger partial charge in [-0.25, -0.2) is 4.98 Å². The number of hydrogen-bond acceptors (Lipinski definition) is 2. The second-order valence-electron chi connectivity index (χ2n) is 1.59. The van der Waals surface area contributed by atoms with Crippen LogP contribution < -0.4 is 0 Å². The van der Waals surface area contributed by atoms with Gasteiger partial charge in [0.15, 0.2) is 12.1 Å². The Hall–Kier alpha value is -1.26. The van der Waals surface area contributed by atoms with Crippen molar-refractivity contribution in [1.29, 1.82) is 0 Å². The van der Waals surface area contributed by atoms with Gasteiger partial charge in [0.1, 0.15) is 0 Å². The normalized spacial score (nSPS) is 10.3. The van der Waals surface area contributed by atoms with E-state index in [0.29, 0.717) is 4.57 Å². The van der Waals surface area contributed by atoms with E-state index in [9.17, 15) is 13.6 Å². The summed E-state index contributed by atoms with van der Waals surface area (Å²) in [5.74, 6) is -0.255. The molecule has 0 aliphatic heterocycles. The van der Waals surface area contributed by atoms with Crippen LogP contribution in [0.4, 0.5) is 8.78 Å². The van der Waals surface area contributed by atoms with E-state index in [2.05, 4.69) is 4.98 Å². The molecule has 0 unspecified atom stereocenters. The number of carbonyl (C=O) groups is 1. The van der Waals surface area contributed by atoms with E-state index >= 15 is 0 Å². The minimum atomic E-state index is -2.69. The average Bonchev–Trinajstić information content (AvgIpc) is 2.33. The van der Waals surface area contributed by atoms with Crippen LogP contribution in [0.25, 0.3) is 0 Å². The van der Waals surface area contributed by atoms with E-state index in [4.69, 9.17) is 0 Å². The van der Waals surface area contributed by atoms with Crippen LogP contribution in [-0.2, 0) is 0 Å². The third kappa shape index (κ3) is 1.02. The SMILES string of the molecule is O=Cc1nccn1C(F)F. The predicted octanol–water partition coefficient (Wildman–Crippen LogP) is 1.09. The lowest BCUT2D eigenvalue weighted by molar-refractivity contribution is 0.0660. The van der Waals surface area contributed by atoms with E-state index < -0.39 is 6.55 Å². The number of aldehydes is 1. The van der Waals surface area contributed by atoms with E-state index in [0.717, 1.165) is 12.4 Å². The molecular formula is C5H4F2N2O. The third-order valence-electron chi connectivity index (χ3n) is 1.01. The topological polar surface area (TPSA) is 34.9 Å². The van der Waals surface area contributed by atoms with Crippen LogP contribution >= 0.6 is 0 Å². The maximum atomic E-state index is 11.8. The zero-order chi connectivity index (χ0) is 7.56. The van der Waals surface area contributed by atoms with Gasteiger partial charge in [-0.05, 0) is 0 Å². The van der Waals surface area contributed by atoms with Crippen molar-refractivity contribution in [1.82, 2.24) is 9.55 Å². The minimum absolute atomic E-state index is 0.255. The van der Waals surface area contributed by atoms with Gasteiger partial charge in [-0.2, -0.15) is 8.78 Å². The molecule has 0 N–H and O–H groups in total. The van der Waals surface area contributed by atoms with Crippen LogP contribution in [0.15, 0.2) is 12.4 Å². The van der Waals surface area contributed by atoms with Crippen LogP contribution in [0, 0.1) is 0 Å². The Morgan fingerprint density at radius 3 is 2.80 bits per heavy atom. The highest BCUT2D eigenvalue weighted by molar-refractivity contribution is 5.69. The number of alkyl halides is 2. The van der Waals surface area contributed by atoms with Crippen molar-refractivity contribution >= 4 is 6.29 Å². The fourth-order valence-corrected chi connectivity index (χ4v) is 0.581. The molecule has 1 rings (SSSR count). The summed E-state index contributed by atoms with van der Waals surface area (Å²) in [6.07, 6.45) is 2.48. The lowest BCUT2D eigenvalue weighted by atomic mass is 10.7. The van der Waals surface area contributed by atoms with Crippen molar-refractivity contribution in [3.8, 4) is 0 Å². The van der Waals surface area contributed by atoms with Crippen molar-refractivity contribution < 1.29 is 13.6 Å². The van der Waals surface area contributed by atoms with Crippen LogP contribution in [0.1, 0.15) is 17.2 Å². The van der Waals surface area contributed by atoms with Gasteiger partial charge in [-0.1, -0.05) is 0 Å². The maximum absolute atomic E-state index is 11.8. The van der Waals surface area contributed by atoms with Crippen LogP contribution in [-0.4, -0.2) is 15.8 Å². The number of nitrogens with zero attached hydrogens (tertiary/aromatic N) is 2. The molecule has 0 aliphatic rings. The summed E-state index contributed by atoms with van der Waals surface area (Å²) in [6, 6.07) is 0. The molecule has 1 aromatic rings. The summed E-state index contributed by atoms with van der Waals surface area (Å²) < 4.78 is 24.1. The molecular weight excluding hydrogens is 142 g/mol. The van der Waals surface area contributed by atoms with Crippen molar-refractivity contribution in [3.63, 3.8) is 0 Å². The third-order valence-corrected chi connectivity index (χ3v) is 1.01. The highest BCUT2D eigenvalue weighted by Gasteiger charge is 2.08. The van der Waals surface area contributed by atoms with Gasteiger partial charge >= 0.3 is 6.55 Å². The van der Waals surface area contributed by atoms with Crippen molar-refractivity contribution in [2.45, 2.75) is 6.55 Å². The Kier molecular flexibility index (Phi) is 1.75. The molecule has 54 valence electrons. The lowest BCUT2D eigenvalue weighted by Gasteiger charge is -1.98. The largest absolute Gasteiger partial charge is 0.320 e. The highest BCUT2D eigenvalue weighted by atomic mass is 19.3. The van der Waals surface area contributed by atoms with Gasteiger partial charge in [-0.15, -0.1) is 0 Å². The zero-order valence-corrected chi connectivity index (χ0v) is 4.87. The monoisotopic (exact) mass is 146 g/mol. The second kappa shape index (κ2) is 2.55. The molecule has 10 heavy (non-hydrogen) atoms. The first-order valence-corrected chi connectivity index (χ1v) is 2.52. The quantitative estimate of drug-likeness (QED) is 0.585. The Morgan fingerprint density at radius 1 is 1.70 bits per heavy atom. The van der Waals surface area contributed by atoms with Crippen LogP contribution in [0.2, 0.25) is 0 Å². The number of aromatic nitrogens is 2. The van der Waals surface area contributed by atoms with E-state index in [1.165, 1.54) is 0 Å².